The van der Waals surface area contributed by atoms with E-state index in [1.807, 2.05) is 58.0 Å². The Morgan fingerprint density at radius 1 is 1.13 bits per heavy atom. The molecule has 0 saturated heterocycles. The van der Waals surface area contributed by atoms with Gasteiger partial charge in [0.05, 0.1) is 5.69 Å². The van der Waals surface area contributed by atoms with Gasteiger partial charge in [0.1, 0.15) is 5.56 Å². The minimum Gasteiger partial charge on any atom is -0.477 e. The molecule has 5 nitrogen and oxygen atoms in total. The molecule has 5 heteroatoms. The molecule has 0 aliphatic rings. The van der Waals surface area contributed by atoms with Crippen LogP contribution in [0.5, 0.6) is 0 Å². The maximum absolute atomic E-state index is 11.8. The molecule has 1 heterocycles. The zero-order valence-electron chi connectivity index (χ0n) is 14.0. The van der Waals surface area contributed by atoms with Gasteiger partial charge < -0.3 is 15.4 Å². The third kappa shape index (κ3) is 5.38. The van der Waals surface area contributed by atoms with Crippen LogP contribution in [0.3, 0.4) is 0 Å². The van der Waals surface area contributed by atoms with Crippen molar-refractivity contribution in [1.29, 1.82) is 0 Å². The fourth-order valence-electron chi connectivity index (χ4n) is 1.98. The van der Waals surface area contributed by atoms with Gasteiger partial charge in [0.15, 0.2) is 5.43 Å². The fraction of sp³-hybridized carbons (Fsp3) is 0.333. The van der Waals surface area contributed by atoms with Crippen molar-refractivity contribution in [2.45, 2.75) is 39.8 Å². The molecule has 0 atom stereocenters. The lowest BCUT2D eigenvalue weighted by Crippen LogP contribution is -2.19. The summed E-state index contributed by atoms with van der Waals surface area (Å²) in [7, 11) is 0. The minimum absolute atomic E-state index is 0.0638. The molecular formula is C18H24N2O3. The van der Waals surface area contributed by atoms with E-state index in [2.05, 4.69) is 0 Å². The molecule has 1 aromatic heterocycles. The third-order valence-electron chi connectivity index (χ3n) is 2.94. The number of aromatic carboxylic acids is 1. The lowest BCUT2D eigenvalue weighted by molar-refractivity contribution is 0.0694. The quantitative estimate of drug-likeness (QED) is 0.911. The van der Waals surface area contributed by atoms with Crippen molar-refractivity contribution in [1.82, 2.24) is 4.57 Å². The van der Waals surface area contributed by atoms with E-state index in [1.54, 1.807) is 4.57 Å². The van der Waals surface area contributed by atoms with E-state index < -0.39 is 11.4 Å². The lowest BCUT2D eigenvalue weighted by atomic mass is 10.1. The van der Waals surface area contributed by atoms with Crippen LogP contribution in [0.2, 0.25) is 0 Å². The second-order valence-corrected chi connectivity index (χ2v) is 5.85. The molecule has 3 N–H and O–H groups in total. The number of carbonyl (C=O) groups is 1. The molecular weight excluding hydrogens is 292 g/mol. The highest BCUT2D eigenvalue weighted by Crippen LogP contribution is 2.21. The van der Waals surface area contributed by atoms with Crippen molar-refractivity contribution < 1.29 is 9.90 Å². The Labute approximate surface area is 136 Å². The van der Waals surface area contributed by atoms with Gasteiger partial charge in [0.2, 0.25) is 0 Å². The zero-order valence-corrected chi connectivity index (χ0v) is 14.0. The summed E-state index contributed by atoms with van der Waals surface area (Å²) < 4.78 is 1.81. The number of pyridine rings is 1. The summed E-state index contributed by atoms with van der Waals surface area (Å²) in [6, 6.07) is 11.2. The monoisotopic (exact) mass is 316 g/mol. The summed E-state index contributed by atoms with van der Waals surface area (Å²) in [6.07, 6.45) is 1.41. The van der Waals surface area contributed by atoms with Crippen LogP contribution in [-0.4, -0.2) is 21.7 Å². The van der Waals surface area contributed by atoms with Crippen molar-refractivity contribution in [2.24, 2.45) is 5.73 Å². The second kappa shape index (κ2) is 8.29. The highest BCUT2D eigenvalue weighted by Gasteiger charge is 2.14. The third-order valence-corrected chi connectivity index (χ3v) is 2.94. The first kappa shape index (κ1) is 18.6. The van der Waals surface area contributed by atoms with Gasteiger partial charge in [-0.1, -0.05) is 44.2 Å². The highest BCUT2D eigenvalue weighted by molar-refractivity contribution is 5.87. The van der Waals surface area contributed by atoms with E-state index in [9.17, 15) is 9.59 Å². The average Bonchev–Trinajstić information content (AvgIpc) is 2.46. The van der Waals surface area contributed by atoms with Gasteiger partial charge in [0.25, 0.3) is 0 Å². The maximum Gasteiger partial charge on any atom is 0.341 e. The van der Waals surface area contributed by atoms with Crippen molar-refractivity contribution in [3.05, 3.63) is 58.4 Å². The standard InChI is InChI=1S/C15H15NO3.C3H9N/c1-10(2)16-9-12(15(18)19)14(17)8-13(16)11-6-4-3-5-7-11;1-3(2)4/h3-10H,1-2H3,(H,18,19);3H,4H2,1-2H3. The van der Waals surface area contributed by atoms with Crippen LogP contribution in [0.1, 0.15) is 44.1 Å². The molecule has 124 valence electrons. The van der Waals surface area contributed by atoms with Gasteiger partial charge in [-0.3, -0.25) is 4.79 Å². The predicted octanol–water partition coefficient (Wildman–Crippen LogP) is 3.15. The smallest absolute Gasteiger partial charge is 0.341 e. The van der Waals surface area contributed by atoms with E-state index >= 15 is 0 Å². The molecule has 0 fully saturated rings. The van der Waals surface area contributed by atoms with Crippen molar-refractivity contribution >= 4 is 5.97 Å². The summed E-state index contributed by atoms with van der Waals surface area (Å²) in [4.78, 5) is 22.9. The van der Waals surface area contributed by atoms with Crippen molar-refractivity contribution in [3.8, 4) is 11.3 Å². The maximum atomic E-state index is 11.8. The number of carboxylic acid groups (broad SMARTS) is 1. The molecule has 23 heavy (non-hydrogen) atoms. The largest absolute Gasteiger partial charge is 0.477 e. The van der Waals surface area contributed by atoms with Crippen LogP contribution < -0.4 is 11.2 Å². The Bertz CT molecular complexity index is 701. The van der Waals surface area contributed by atoms with Crippen LogP contribution in [-0.2, 0) is 0 Å². The Morgan fingerprint density at radius 2 is 1.65 bits per heavy atom. The summed E-state index contributed by atoms with van der Waals surface area (Å²) in [5.41, 5.74) is 6.06. The molecule has 0 aliphatic heterocycles. The molecule has 2 aromatic rings. The van der Waals surface area contributed by atoms with Crippen molar-refractivity contribution in [3.63, 3.8) is 0 Å². The topological polar surface area (TPSA) is 85.3 Å². The first-order chi connectivity index (χ1) is 10.7. The van der Waals surface area contributed by atoms with Gasteiger partial charge in [0, 0.05) is 18.3 Å². The summed E-state index contributed by atoms with van der Waals surface area (Å²) >= 11 is 0. The van der Waals surface area contributed by atoms with E-state index in [1.165, 1.54) is 12.3 Å². The lowest BCUT2D eigenvalue weighted by Gasteiger charge is -2.18. The number of aromatic nitrogens is 1. The molecule has 0 spiro atoms. The Morgan fingerprint density at radius 3 is 2.09 bits per heavy atom. The zero-order chi connectivity index (χ0) is 17.6. The molecule has 0 aliphatic carbocycles. The molecule has 0 saturated carbocycles. The fourth-order valence-corrected chi connectivity index (χ4v) is 1.98. The SMILES string of the molecule is CC(C)N.CC(C)n1cc(C(=O)O)c(=O)cc1-c1ccccc1. The van der Waals surface area contributed by atoms with Gasteiger partial charge in [-0.15, -0.1) is 0 Å². The number of nitrogens with zero attached hydrogens (tertiary/aromatic N) is 1. The summed E-state index contributed by atoms with van der Waals surface area (Å²) in [5, 5.41) is 9.02. The Kier molecular flexibility index (Phi) is 6.72. The van der Waals surface area contributed by atoms with Gasteiger partial charge >= 0.3 is 5.97 Å². The number of hydrogen-bond donors (Lipinski definition) is 2. The first-order valence-electron chi connectivity index (χ1n) is 7.54. The Balaban J connectivity index is 0.000000593. The summed E-state index contributed by atoms with van der Waals surface area (Å²) in [6.45, 7) is 7.78. The van der Waals surface area contributed by atoms with E-state index in [4.69, 9.17) is 10.8 Å². The van der Waals surface area contributed by atoms with Gasteiger partial charge in [-0.25, -0.2) is 4.79 Å². The number of carboxylic acids is 1. The number of nitrogens with two attached hydrogens (primary N) is 1. The molecule has 0 unspecified atom stereocenters. The molecule has 0 amide bonds. The van der Waals surface area contributed by atoms with E-state index in [-0.39, 0.29) is 11.6 Å². The van der Waals surface area contributed by atoms with Crippen molar-refractivity contribution in [2.75, 3.05) is 0 Å². The number of hydrogen-bond acceptors (Lipinski definition) is 3. The summed E-state index contributed by atoms with van der Waals surface area (Å²) in [5.74, 6) is -1.20. The normalized spacial score (nSPS) is 10.4. The van der Waals surface area contributed by atoms with Crippen LogP contribution in [0, 0.1) is 0 Å². The molecule has 0 bridgehead atoms. The van der Waals surface area contributed by atoms with Crippen LogP contribution in [0.4, 0.5) is 0 Å². The van der Waals surface area contributed by atoms with Gasteiger partial charge in [-0.05, 0) is 25.5 Å². The van der Waals surface area contributed by atoms with Crippen LogP contribution in [0.15, 0.2) is 47.4 Å². The molecule has 1 aromatic carbocycles. The number of benzene rings is 1. The van der Waals surface area contributed by atoms with Gasteiger partial charge in [-0.2, -0.15) is 0 Å². The van der Waals surface area contributed by atoms with Crippen LogP contribution >= 0.6 is 0 Å². The van der Waals surface area contributed by atoms with E-state index in [0.29, 0.717) is 6.04 Å². The predicted molar refractivity (Wildman–Crippen MR) is 92.8 cm³/mol. The highest BCUT2D eigenvalue weighted by atomic mass is 16.4. The molecule has 0 radical (unpaired) electrons. The average molecular weight is 316 g/mol. The minimum atomic E-state index is -1.20. The number of rotatable bonds is 3. The Hall–Kier alpha value is -2.40. The van der Waals surface area contributed by atoms with E-state index in [0.717, 1.165) is 11.3 Å². The second-order valence-electron chi connectivity index (χ2n) is 5.85. The first-order valence-corrected chi connectivity index (χ1v) is 7.54. The van der Waals surface area contributed by atoms with Crippen LogP contribution in [0.25, 0.3) is 11.3 Å². The molecule has 2 rings (SSSR count).